The second kappa shape index (κ2) is 5.57. The van der Waals surface area contributed by atoms with Crippen molar-refractivity contribution in [3.63, 3.8) is 0 Å². The van der Waals surface area contributed by atoms with Crippen molar-refractivity contribution in [2.24, 2.45) is 0 Å². The van der Waals surface area contributed by atoms with Crippen molar-refractivity contribution < 1.29 is 0 Å². The van der Waals surface area contributed by atoms with Crippen LogP contribution in [0.25, 0.3) is 0 Å². The molecule has 0 saturated carbocycles. The van der Waals surface area contributed by atoms with Gasteiger partial charge in [-0.15, -0.1) is 0 Å². The predicted octanol–water partition coefficient (Wildman–Crippen LogP) is 3.08. The predicted molar refractivity (Wildman–Crippen MR) is 79.4 cm³/mol. The minimum Gasteiger partial charge on any atom is -0.333 e. The molecule has 19 heavy (non-hydrogen) atoms. The van der Waals surface area contributed by atoms with Crippen molar-refractivity contribution in [3.8, 4) is 0 Å². The first-order chi connectivity index (χ1) is 9.02. The number of likely N-dealkylation sites (N-methyl/N-ethyl adjacent to an activating group) is 1. The molecular weight excluding hydrogens is 234 g/mol. The molecule has 0 fully saturated rings. The maximum atomic E-state index is 4.37. The summed E-state index contributed by atoms with van der Waals surface area (Å²) in [7, 11) is 2.02. The number of aromatic nitrogens is 2. The van der Waals surface area contributed by atoms with E-state index < -0.39 is 0 Å². The van der Waals surface area contributed by atoms with Gasteiger partial charge in [0.25, 0.3) is 0 Å². The molecule has 3 nitrogen and oxygen atoms in total. The minimum absolute atomic E-state index is 0.312. The van der Waals surface area contributed by atoms with Gasteiger partial charge < -0.3 is 9.88 Å². The molecule has 1 atom stereocenters. The van der Waals surface area contributed by atoms with Crippen LogP contribution < -0.4 is 5.32 Å². The zero-order valence-corrected chi connectivity index (χ0v) is 12.5. The van der Waals surface area contributed by atoms with Crippen LogP contribution in [0, 0.1) is 27.7 Å². The van der Waals surface area contributed by atoms with Crippen LogP contribution in [0.2, 0.25) is 0 Å². The molecule has 0 saturated heterocycles. The highest BCUT2D eigenvalue weighted by Gasteiger charge is 2.14. The Bertz CT molecular complexity index is 569. The zero-order valence-electron chi connectivity index (χ0n) is 12.5. The summed E-state index contributed by atoms with van der Waals surface area (Å²) in [5, 5.41) is 3.42. The smallest absolute Gasteiger partial charge is 0.0952 e. The van der Waals surface area contributed by atoms with Gasteiger partial charge in [0.05, 0.1) is 18.1 Å². The Kier molecular flexibility index (Phi) is 4.05. The van der Waals surface area contributed by atoms with E-state index in [0.29, 0.717) is 6.04 Å². The number of hydrogen-bond donors (Lipinski definition) is 1. The summed E-state index contributed by atoms with van der Waals surface area (Å²) in [6.45, 7) is 9.40. The lowest BCUT2D eigenvalue weighted by molar-refractivity contribution is 0.492. The van der Waals surface area contributed by atoms with Gasteiger partial charge in [0, 0.05) is 12.2 Å². The lowest BCUT2D eigenvalue weighted by Gasteiger charge is -2.21. The van der Waals surface area contributed by atoms with E-state index in [0.717, 1.165) is 12.2 Å². The van der Waals surface area contributed by atoms with Crippen LogP contribution in [-0.2, 0) is 6.54 Å². The molecule has 102 valence electrons. The van der Waals surface area contributed by atoms with E-state index in [-0.39, 0.29) is 0 Å². The summed E-state index contributed by atoms with van der Waals surface area (Å²) in [5.74, 6) is 0. The van der Waals surface area contributed by atoms with Gasteiger partial charge in [0.2, 0.25) is 0 Å². The number of rotatable bonds is 4. The molecule has 0 aliphatic heterocycles. The molecule has 1 aromatic heterocycles. The van der Waals surface area contributed by atoms with Crippen molar-refractivity contribution in [3.05, 3.63) is 52.6 Å². The Balaban J connectivity index is 2.30. The van der Waals surface area contributed by atoms with Crippen molar-refractivity contribution in [1.29, 1.82) is 0 Å². The van der Waals surface area contributed by atoms with Gasteiger partial charge in [-0.2, -0.15) is 0 Å². The van der Waals surface area contributed by atoms with E-state index in [4.69, 9.17) is 0 Å². The average Bonchev–Trinajstić information content (AvgIpc) is 2.70. The summed E-state index contributed by atoms with van der Waals surface area (Å²) in [4.78, 5) is 4.37. The number of nitrogens with one attached hydrogen (secondary N) is 1. The fraction of sp³-hybridized carbons (Fsp3) is 0.438. The second-order valence-corrected chi connectivity index (χ2v) is 5.27. The van der Waals surface area contributed by atoms with Crippen molar-refractivity contribution >= 4 is 0 Å². The van der Waals surface area contributed by atoms with Crippen LogP contribution in [0.5, 0.6) is 0 Å². The highest BCUT2D eigenvalue weighted by atomic mass is 15.1. The third kappa shape index (κ3) is 2.87. The van der Waals surface area contributed by atoms with Crippen molar-refractivity contribution in [2.75, 3.05) is 7.05 Å². The third-order valence-corrected chi connectivity index (χ3v) is 3.88. The van der Waals surface area contributed by atoms with Crippen LogP contribution in [-0.4, -0.2) is 16.6 Å². The van der Waals surface area contributed by atoms with Gasteiger partial charge in [0.15, 0.2) is 0 Å². The summed E-state index contributed by atoms with van der Waals surface area (Å²) in [6, 6.07) is 6.95. The molecule has 1 heterocycles. The van der Waals surface area contributed by atoms with Gasteiger partial charge in [-0.05, 0) is 45.9 Å². The lowest BCUT2D eigenvalue weighted by atomic mass is 9.99. The molecule has 0 aliphatic rings. The van der Waals surface area contributed by atoms with Crippen LogP contribution >= 0.6 is 0 Å². The van der Waals surface area contributed by atoms with E-state index in [1.165, 1.54) is 22.4 Å². The Morgan fingerprint density at radius 3 is 2.53 bits per heavy atom. The average molecular weight is 257 g/mol. The van der Waals surface area contributed by atoms with E-state index in [9.17, 15) is 0 Å². The standard InChI is InChI=1S/C16H23N3/c1-11-6-7-12(2)15(8-11)16(17-5)9-19-10-18-13(3)14(19)4/h6-8,10,16-17H,9H2,1-5H3. The number of aryl methyl sites for hydroxylation is 3. The molecule has 0 aliphatic carbocycles. The molecule has 0 amide bonds. The van der Waals surface area contributed by atoms with Crippen molar-refractivity contribution in [1.82, 2.24) is 14.9 Å². The lowest BCUT2D eigenvalue weighted by Crippen LogP contribution is -2.23. The summed E-state index contributed by atoms with van der Waals surface area (Å²) in [6.07, 6.45) is 1.93. The van der Waals surface area contributed by atoms with Crippen LogP contribution in [0.15, 0.2) is 24.5 Å². The molecule has 1 unspecified atom stereocenters. The number of hydrogen-bond acceptors (Lipinski definition) is 2. The minimum atomic E-state index is 0.312. The van der Waals surface area contributed by atoms with Crippen LogP contribution in [0.1, 0.15) is 34.1 Å². The number of imidazole rings is 1. The summed E-state index contributed by atoms with van der Waals surface area (Å²) in [5.41, 5.74) is 6.36. The van der Waals surface area contributed by atoms with Crippen LogP contribution in [0.4, 0.5) is 0 Å². The van der Waals surface area contributed by atoms with E-state index in [2.05, 4.69) is 60.8 Å². The van der Waals surface area contributed by atoms with Gasteiger partial charge in [-0.25, -0.2) is 4.98 Å². The topological polar surface area (TPSA) is 29.9 Å². The molecule has 0 spiro atoms. The maximum Gasteiger partial charge on any atom is 0.0952 e. The zero-order chi connectivity index (χ0) is 14.0. The van der Waals surface area contributed by atoms with E-state index in [1.54, 1.807) is 0 Å². The second-order valence-electron chi connectivity index (χ2n) is 5.27. The fourth-order valence-electron chi connectivity index (χ4n) is 2.41. The first-order valence-electron chi connectivity index (χ1n) is 6.75. The largest absolute Gasteiger partial charge is 0.333 e. The van der Waals surface area contributed by atoms with E-state index >= 15 is 0 Å². The van der Waals surface area contributed by atoms with E-state index in [1.807, 2.05) is 13.4 Å². The first-order valence-corrected chi connectivity index (χ1v) is 6.75. The Morgan fingerprint density at radius 1 is 1.21 bits per heavy atom. The SMILES string of the molecule is CNC(Cn1cnc(C)c1C)c1cc(C)ccc1C. The first kappa shape index (κ1) is 13.8. The third-order valence-electron chi connectivity index (χ3n) is 3.88. The number of nitrogens with zero attached hydrogens (tertiary/aromatic N) is 2. The molecular formula is C16H23N3. The van der Waals surface area contributed by atoms with Crippen LogP contribution in [0.3, 0.4) is 0 Å². The highest BCUT2D eigenvalue weighted by Crippen LogP contribution is 2.21. The molecule has 0 radical (unpaired) electrons. The quantitative estimate of drug-likeness (QED) is 0.912. The number of benzene rings is 1. The van der Waals surface area contributed by atoms with Gasteiger partial charge >= 0.3 is 0 Å². The fourth-order valence-corrected chi connectivity index (χ4v) is 2.41. The molecule has 1 N–H and O–H groups in total. The molecule has 2 aromatic rings. The summed E-state index contributed by atoms with van der Waals surface area (Å²) >= 11 is 0. The molecule has 2 rings (SSSR count). The highest BCUT2D eigenvalue weighted by molar-refractivity contribution is 5.33. The van der Waals surface area contributed by atoms with Gasteiger partial charge in [0.1, 0.15) is 0 Å². The van der Waals surface area contributed by atoms with Crippen molar-refractivity contribution in [2.45, 2.75) is 40.3 Å². The normalized spacial score (nSPS) is 12.7. The molecule has 0 bridgehead atoms. The molecule has 3 heteroatoms. The Hall–Kier alpha value is -1.61. The molecule has 1 aromatic carbocycles. The Morgan fingerprint density at radius 2 is 1.95 bits per heavy atom. The monoisotopic (exact) mass is 257 g/mol. The Labute approximate surface area is 115 Å². The van der Waals surface area contributed by atoms with Gasteiger partial charge in [-0.3, -0.25) is 0 Å². The maximum absolute atomic E-state index is 4.37. The van der Waals surface area contributed by atoms with Gasteiger partial charge in [-0.1, -0.05) is 23.8 Å². The summed E-state index contributed by atoms with van der Waals surface area (Å²) < 4.78 is 2.22.